The van der Waals surface area contributed by atoms with Crippen molar-refractivity contribution in [2.24, 2.45) is 0 Å². The number of hydrogen-bond donors (Lipinski definition) is 0. The minimum absolute atomic E-state index is 0.00810. The molecule has 3 nitrogen and oxygen atoms in total. The van der Waals surface area contributed by atoms with Gasteiger partial charge < -0.3 is 13.8 Å². The molecule has 0 saturated heterocycles. The molecule has 214 valence electrons. The number of rotatable bonds is 1. The first-order valence-corrected chi connectivity index (χ1v) is 15.9. The lowest BCUT2D eigenvalue weighted by molar-refractivity contribution is 0.590. The summed E-state index contributed by atoms with van der Waals surface area (Å²) in [4.78, 5) is 2.62. The molecule has 4 heterocycles. The average molecular weight is 579 g/mol. The normalized spacial score (nSPS) is 13.7. The fourth-order valence-corrected chi connectivity index (χ4v) is 8.21. The minimum Gasteiger partial charge on any atom is -0.456 e. The number of aryl methyl sites for hydroxylation is 1. The van der Waals surface area contributed by atoms with Crippen LogP contribution in [0.3, 0.4) is 0 Å². The Morgan fingerprint density at radius 1 is 0.644 bits per heavy atom. The van der Waals surface area contributed by atoms with Gasteiger partial charge >= 0.3 is 6.85 Å². The van der Waals surface area contributed by atoms with Crippen LogP contribution >= 0.6 is 0 Å². The molecule has 0 saturated carbocycles. The molecule has 0 spiro atoms. The summed E-state index contributed by atoms with van der Waals surface area (Å²) < 4.78 is 9.07. The van der Waals surface area contributed by atoms with E-state index in [9.17, 15) is 0 Å². The van der Waals surface area contributed by atoms with E-state index in [1.165, 1.54) is 77.4 Å². The summed E-state index contributed by atoms with van der Waals surface area (Å²) in [5, 5.41) is 4.96. The number of furan rings is 1. The molecule has 0 unspecified atom stereocenters. The van der Waals surface area contributed by atoms with Crippen molar-refractivity contribution < 1.29 is 4.42 Å². The predicted octanol–water partition coefficient (Wildman–Crippen LogP) is 9.53. The van der Waals surface area contributed by atoms with Crippen LogP contribution in [0.25, 0.3) is 60.6 Å². The highest BCUT2D eigenvalue weighted by Gasteiger charge is 2.45. The summed E-state index contributed by atoms with van der Waals surface area (Å²) >= 11 is 0. The highest BCUT2D eigenvalue weighted by molar-refractivity contribution is 6.93. The quantitative estimate of drug-likeness (QED) is 0.181. The fourth-order valence-electron chi connectivity index (χ4n) is 8.21. The topological polar surface area (TPSA) is 21.3 Å². The Bertz CT molecular complexity index is 2560. The molecule has 0 amide bonds. The van der Waals surface area contributed by atoms with Crippen molar-refractivity contribution in [2.45, 2.75) is 33.1 Å². The Hall–Kier alpha value is -5.22. The fraction of sp³-hybridized carbons (Fsp3) is 0.122. The lowest BCUT2D eigenvalue weighted by Crippen LogP contribution is -2.60. The molecule has 2 aliphatic heterocycles. The van der Waals surface area contributed by atoms with Gasteiger partial charge in [0.15, 0.2) is 0 Å². The van der Waals surface area contributed by atoms with Crippen LogP contribution in [0.1, 0.15) is 31.9 Å². The van der Waals surface area contributed by atoms with Gasteiger partial charge in [-0.05, 0) is 76.4 Å². The lowest BCUT2D eigenvalue weighted by Gasteiger charge is -2.43. The van der Waals surface area contributed by atoms with E-state index < -0.39 is 0 Å². The zero-order valence-corrected chi connectivity index (χ0v) is 25.8. The molecule has 0 atom stereocenters. The van der Waals surface area contributed by atoms with E-state index in [4.69, 9.17) is 4.42 Å². The number of benzene rings is 6. The highest BCUT2D eigenvalue weighted by Crippen LogP contribution is 2.50. The minimum atomic E-state index is -0.0419. The third kappa shape index (κ3) is 3.16. The Labute approximate surface area is 262 Å². The van der Waals surface area contributed by atoms with Crippen molar-refractivity contribution in [1.29, 1.82) is 0 Å². The van der Waals surface area contributed by atoms with Crippen molar-refractivity contribution >= 4 is 72.9 Å². The summed E-state index contributed by atoms with van der Waals surface area (Å²) in [6.45, 7) is 9.23. The summed E-state index contributed by atoms with van der Waals surface area (Å²) in [5.74, 6) is 0. The molecule has 0 aliphatic carbocycles. The smallest absolute Gasteiger partial charge is 0.333 e. The van der Waals surface area contributed by atoms with Gasteiger partial charge in [0.1, 0.15) is 11.2 Å². The van der Waals surface area contributed by atoms with Crippen molar-refractivity contribution in [3.8, 4) is 16.8 Å². The summed E-state index contributed by atoms with van der Waals surface area (Å²) in [7, 11) is 0. The number of hydrogen-bond acceptors (Lipinski definition) is 2. The molecule has 0 bridgehead atoms. The second-order valence-electron chi connectivity index (χ2n) is 13.8. The van der Waals surface area contributed by atoms with Crippen LogP contribution < -0.4 is 15.7 Å². The number of nitrogens with zero attached hydrogens (tertiary/aromatic N) is 2. The molecule has 6 aromatic carbocycles. The zero-order valence-electron chi connectivity index (χ0n) is 25.8. The summed E-state index contributed by atoms with van der Waals surface area (Å²) in [6, 6.07) is 42.6. The van der Waals surface area contributed by atoms with Gasteiger partial charge in [-0.1, -0.05) is 99.6 Å². The van der Waals surface area contributed by atoms with E-state index in [1.807, 2.05) is 0 Å². The molecule has 4 heteroatoms. The van der Waals surface area contributed by atoms with E-state index in [1.54, 1.807) is 0 Å². The first kappa shape index (κ1) is 25.1. The van der Waals surface area contributed by atoms with Crippen LogP contribution in [0, 0.1) is 6.92 Å². The zero-order chi connectivity index (χ0) is 30.2. The first-order valence-electron chi connectivity index (χ1n) is 15.9. The number of anilines is 2. The van der Waals surface area contributed by atoms with Gasteiger partial charge in [-0.25, -0.2) is 0 Å². The van der Waals surface area contributed by atoms with Crippen molar-refractivity contribution in [3.05, 3.63) is 126 Å². The van der Waals surface area contributed by atoms with E-state index in [-0.39, 0.29) is 12.3 Å². The van der Waals surface area contributed by atoms with Crippen LogP contribution in [0.15, 0.2) is 120 Å². The molecule has 0 fully saturated rings. The van der Waals surface area contributed by atoms with Crippen molar-refractivity contribution in [2.75, 3.05) is 4.81 Å². The molecular weight excluding hydrogens is 547 g/mol. The standard InChI is InChI=1S/C41H31BN2O/c1-24-12-5-8-17-31(24)44-33-20-21-36-38(28-14-7-10-19-35(28)45-36)37(33)29-22-25(41(2,3)4)23-34-39(29)42(44)30-16-11-15-27-26-13-6-9-18-32(26)43(34)40(27)30/h5-23H,1-4H3. The highest BCUT2D eigenvalue weighted by atomic mass is 16.3. The van der Waals surface area contributed by atoms with Gasteiger partial charge in [0.25, 0.3) is 0 Å². The van der Waals surface area contributed by atoms with Crippen LogP contribution in [-0.4, -0.2) is 11.4 Å². The molecule has 45 heavy (non-hydrogen) atoms. The van der Waals surface area contributed by atoms with Gasteiger partial charge in [-0.15, -0.1) is 0 Å². The number of para-hydroxylation sites is 4. The SMILES string of the molecule is Cc1ccccc1N1B2c3c(cc(C(C)(C)C)cc3-n3c4ccccc4c4cccc2c43)-c2c1ccc1oc3ccccc3c21. The molecule has 0 radical (unpaired) electrons. The maximum Gasteiger partial charge on any atom is 0.333 e. The Morgan fingerprint density at radius 2 is 1.40 bits per heavy atom. The van der Waals surface area contributed by atoms with Gasteiger partial charge in [0, 0.05) is 44.2 Å². The Kier molecular flexibility index (Phi) is 4.74. The third-order valence-corrected chi connectivity index (χ3v) is 10.2. The Morgan fingerprint density at radius 3 is 2.24 bits per heavy atom. The van der Waals surface area contributed by atoms with E-state index in [0.29, 0.717) is 0 Å². The van der Waals surface area contributed by atoms with Gasteiger partial charge in [0.2, 0.25) is 0 Å². The first-order chi connectivity index (χ1) is 21.9. The summed E-state index contributed by atoms with van der Waals surface area (Å²) in [6.07, 6.45) is 0. The van der Waals surface area contributed by atoms with E-state index in [2.05, 4.69) is 152 Å². The maximum atomic E-state index is 6.52. The number of aromatic nitrogens is 1. The Balaban J connectivity index is 1.47. The van der Waals surface area contributed by atoms with Crippen LogP contribution in [-0.2, 0) is 5.41 Å². The second-order valence-corrected chi connectivity index (χ2v) is 13.8. The van der Waals surface area contributed by atoms with Crippen molar-refractivity contribution in [3.63, 3.8) is 0 Å². The third-order valence-electron chi connectivity index (χ3n) is 10.2. The maximum absolute atomic E-state index is 6.52. The average Bonchev–Trinajstić information content (AvgIpc) is 3.60. The van der Waals surface area contributed by atoms with E-state index in [0.717, 1.165) is 16.6 Å². The predicted molar refractivity (Wildman–Crippen MR) is 191 cm³/mol. The molecule has 2 aromatic heterocycles. The van der Waals surface area contributed by atoms with Crippen molar-refractivity contribution in [1.82, 2.24) is 4.57 Å². The molecule has 8 aromatic rings. The molecule has 2 aliphatic rings. The largest absolute Gasteiger partial charge is 0.456 e. The lowest BCUT2D eigenvalue weighted by atomic mass is 9.43. The summed E-state index contributed by atoms with van der Waals surface area (Å²) in [5.41, 5.74) is 16.0. The van der Waals surface area contributed by atoms with Gasteiger partial charge in [0.05, 0.1) is 11.0 Å². The van der Waals surface area contributed by atoms with Gasteiger partial charge in [-0.3, -0.25) is 0 Å². The van der Waals surface area contributed by atoms with E-state index >= 15 is 0 Å². The number of fused-ring (bicyclic) bond motifs is 11. The second kappa shape index (κ2) is 8.48. The van der Waals surface area contributed by atoms with Crippen LogP contribution in [0.4, 0.5) is 11.4 Å². The van der Waals surface area contributed by atoms with Crippen LogP contribution in [0.5, 0.6) is 0 Å². The molecule has 10 rings (SSSR count). The monoisotopic (exact) mass is 578 g/mol. The van der Waals surface area contributed by atoms with Gasteiger partial charge in [-0.2, -0.15) is 0 Å². The van der Waals surface area contributed by atoms with Crippen LogP contribution in [0.2, 0.25) is 0 Å². The molecule has 0 N–H and O–H groups in total. The molecular formula is C41H31BN2O.